The van der Waals surface area contributed by atoms with Gasteiger partial charge < -0.3 is 15.0 Å². The molecular weight excluding hydrogens is 314 g/mol. The molecule has 0 radical (unpaired) electrons. The van der Waals surface area contributed by atoms with Crippen LogP contribution in [0.25, 0.3) is 0 Å². The minimum absolute atomic E-state index is 0.0106. The summed E-state index contributed by atoms with van der Waals surface area (Å²) in [5.41, 5.74) is 2.45. The summed E-state index contributed by atoms with van der Waals surface area (Å²) in [6, 6.07) is 8.84. The smallest absolute Gasteiger partial charge is 0.317 e. The van der Waals surface area contributed by atoms with Crippen molar-refractivity contribution in [1.29, 1.82) is 0 Å². The highest BCUT2D eigenvalue weighted by atomic mass is 16.5. The second-order valence-corrected chi connectivity index (χ2v) is 7.10. The first kappa shape index (κ1) is 19.7. The Labute approximate surface area is 152 Å². The van der Waals surface area contributed by atoms with Crippen molar-refractivity contribution in [2.24, 2.45) is 0 Å². The number of carbonyl (C=O) groups is 1. The normalized spacial score (nSPS) is 18.0. The summed E-state index contributed by atoms with van der Waals surface area (Å²) in [4.78, 5) is 16.7. The van der Waals surface area contributed by atoms with Crippen LogP contribution in [-0.2, 0) is 17.8 Å². The molecule has 1 fully saturated rings. The number of likely N-dealkylation sites (tertiary alicyclic amines) is 1. The predicted octanol–water partition coefficient (Wildman–Crippen LogP) is 3.24. The van der Waals surface area contributed by atoms with Crippen molar-refractivity contribution in [3.63, 3.8) is 0 Å². The predicted molar refractivity (Wildman–Crippen MR) is 102 cm³/mol. The number of hydrogen-bond acceptors (Lipinski definition) is 3. The molecule has 1 aromatic carbocycles. The Kier molecular flexibility index (Phi) is 7.72. The van der Waals surface area contributed by atoms with Crippen molar-refractivity contribution >= 4 is 6.03 Å². The number of urea groups is 1. The molecule has 1 aromatic rings. The molecule has 25 heavy (non-hydrogen) atoms. The Bertz CT molecular complexity index is 545. The van der Waals surface area contributed by atoms with Gasteiger partial charge in [-0.2, -0.15) is 0 Å². The van der Waals surface area contributed by atoms with E-state index in [-0.39, 0.29) is 12.1 Å². The molecule has 0 aromatic heterocycles. The molecule has 1 unspecified atom stereocenters. The van der Waals surface area contributed by atoms with Gasteiger partial charge in [0.25, 0.3) is 0 Å². The van der Waals surface area contributed by atoms with Crippen molar-refractivity contribution in [1.82, 2.24) is 15.1 Å². The molecule has 0 saturated carbocycles. The highest BCUT2D eigenvalue weighted by Gasteiger charge is 2.23. The number of ether oxygens (including phenoxy) is 1. The Morgan fingerprint density at radius 2 is 2.08 bits per heavy atom. The SMILES string of the molecule is CCOC1CCCN(C(=O)NCc2ccccc2CN(C)C(C)C)C1. The van der Waals surface area contributed by atoms with E-state index in [2.05, 4.69) is 49.3 Å². The summed E-state index contributed by atoms with van der Waals surface area (Å²) in [5, 5.41) is 3.09. The summed E-state index contributed by atoms with van der Waals surface area (Å²) in [6.07, 6.45) is 2.23. The topological polar surface area (TPSA) is 44.8 Å². The third-order valence-corrected chi connectivity index (χ3v) is 4.92. The highest BCUT2D eigenvalue weighted by Crippen LogP contribution is 2.15. The minimum Gasteiger partial charge on any atom is -0.377 e. The van der Waals surface area contributed by atoms with Crippen LogP contribution >= 0.6 is 0 Å². The molecule has 2 rings (SSSR count). The average molecular weight is 348 g/mol. The van der Waals surface area contributed by atoms with Crippen LogP contribution in [-0.4, -0.2) is 54.7 Å². The van der Waals surface area contributed by atoms with Gasteiger partial charge in [-0.15, -0.1) is 0 Å². The molecule has 2 amide bonds. The van der Waals surface area contributed by atoms with E-state index >= 15 is 0 Å². The molecule has 140 valence electrons. The Morgan fingerprint density at radius 3 is 2.76 bits per heavy atom. The lowest BCUT2D eigenvalue weighted by Crippen LogP contribution is -2.47. The average Bonchev–Trinajstić information content (AvgIpc) is 2.61. The summed E-state index contributed by atoms with van der Waals surface area (Å²) < 4.78 is 5.68. The number of amides is 2. The van der Waals surface area contributed by atoms with E-state index in [4.69, 9.17) is 4.74 Å². The van der Waals surface area contributed by atoms with Crippen LogP contribution in [0.15, 0.2) is 24.3 Å². The van der Waals surface area contributed by atoms with Crippen LogP contribution in [0.1, 0.15) is 44.7 Å². The van der Waals surface area contributed by atoms with E-state index in [1.165, 1.54) is 11.1 Å². The van der Waals surface area contributed by atoms with Gasteiger partial charge in [0, 0.05) is 38.8 Å². The molecule has 1 N–H and O–H groups in total. The maximum absolute atomic E-state index is 12.5. The van der Waals surface area contributed by atoms with Crippen molar-refractivity contribution < 1.29 is 9.53 Å². The third-order valence-electron chi connectivity index (χ3n) is 4.92. The number of benzene rings is 1. The third kappa shape index (κ3) is 6.01. The molecule has 1 atom stereocenters. The van der Waals surface area contributed by atoms with Crippen LogP contribution in [0.2, 0.25) is 0 Å². The second kappa shape index (κ2) is 9.78. The second-order valence-electron chi connectivity index (χ2n) is 7.10. The van der Waals surface area contributed by atoms with Crippen molar-refractivity contribution in [3.8, 4) is 0 Å². The number of nitrogens with zero attached hydrogens (tertiary/aromatic N) is 2. The minimum atomic E-state index is 0.0106. The van der Waals surface area contributed by atoms with Gasteiger partial charge in [-0.1, -0.05) is 24.3 Å². The lowest BCUT2D eigenvalue weighted by molar-refractivity contribution is 0.0164. The summed E-state index contributed by atoms with van der Waals surface area (Å²) >= 11 is 0. The van der Waals surface area contributed by atoms with E-state index in [0.29, 0.717) is 25.7 Å². The van der Waals surface area contributed by atoms with Gasteiger partial charge in [0.1, 0.15) is 0 Å². The molecule has 1 aliphatic heterocycles. The Balaban J connectivity index is 1.91. The first-order valence-corrected chi connectivity index (χ1v) is 9.42. The number of hydrogen-bond donors (Lipinski definition) is 1. The molecular formula is C20H33N3O2. The highest BCUT2D eigenvalue weighted by molar-refractivity contribution is 5.74. The number of rotatable bonds is 7. The summed E-state index contributed by atoms with van der Waals surface area (Å²) in [6.45, 7) is 10.0. The fourth-order valence-electron chi connectivity index (χ4n) is 3.11. The molecule has 0 spiro atoms. The van der Waals surface area contributed by atoms with Crippen molar-refractivity contribution in [2.45, 2.75) is 58.8 Å². The van der Waals surface area contributed by atoms with Gasteiger partial charge >= 0.3 is 6.03 Å². The van der Waals surface area contributed by atoms with Gasteiger partial charge in [0.15, 0.2) is 0 Å². The Hall–Kier alpha value is -1.59. The van der Waals surface area contributed by atoms with E-state index in [1.807, 2.05) is 17.9 Å². The summed E-state index contributed by atoms with van der Waals surface area (Å²) in [7, 11) is 2.13. The number of carbonyl (C=O) groups excluding carboxylic acids is 1. The molecule has 0 aliphatic carbocycles. The van der Waals surface area contributed by atoms with Crippen molar-refractivity contribution in [3.05, 3.63) is 35.4 Å². The zero-order chi connectivity index (χ0) is 18.2. The van der Waals surface area contributed by atoms with E-state index in [1.54, 1.807) is 0 Å². The maximum atomic E-state index is 12.5. The van der Waals surface area contributed by atoms with Gasteiger partial charge in [-0.05, 0) is 51.8 Å². The van der Waals surface area contributed by atoms with Crippen LogP contribution in [0.5, 0.6) is 0 Å². The number of piperidine rings is 1. The van der Waals surface area contributed by atoms with Gasteiger partial charge in [-0.25, -0.2) is 4.79 Å². The van der Waals surface area contributed by atoms with Crippen LogP contribution in [0.3, 0.4) is 0 Å². The molecule has 1 heterocycles. The largest absolute Gasteiger partial charge is 0.377 e. The quantitative estimate of drug-likeness (QED) is 0.823. The number of nitrogens with one attached hydrogen (secondary N) is 1. The Morgan fingerprint density at radius 1 is 1.36 bits per heavy atom. The molecule has 1 aliphatic rings. The summed E-state index contributed by atoms with van der Waals surface area (Å²) in [5.74, 6) is 0. The molecule has 5 nitrogen and oxygen atoms in total. The fourth-order valence-corrected chi connectivity index (χ4v) is 3.11. The molecule has 1 saturated heterocycles. The van der Waals surface area contributed by atoms with Crippen LogP contribution in [0, 0.1) is 0 Å². The lowest BCUT2D eigenvalue weighted by Gasteiger charge is -2.32. The van der Waals surface area contributed by atoms with Crippen LogP contribution < -0.4 is 5.32 Å². The van der Waals surface area contributed by atoms with Gasteiger partial charge in [0.2, 0.25) is 0 Å². The zero-order valence-corrected chi connectivity index (χ0v) is 16.1. The lowest BCUT2D eigenvalue weighted by atomic mass is 10.1. The van der Waals surface area contributed by atoms with Gasteiger partial charge in [0.05, 0.1) is 6.10 Å². The van der Waals surface area contributed by atoms with Gasteiger partial charge in [-0.3, -0.25) is 4.90 Å². The fraction of sp³-hybridized carbons (Fsp3) is 0.650. The maximum Gasteiger partial charge on any atom is 0.317 e. The molecule has 0 bridgehead atoms. The van der Waals surface area contributed by atoms with E-state index in [9.17, 15) is 4.79 Å². The first-order valence-electron chi connectivity index (χ1n) is 9.42. The molecule has 5 heteroatoms. The van der Waals surface area contributed by atoms with Crippen molar-refractivity contribution in [2.75, 3.05) is 26.7 Å². The monoisotopic (exact) mass is 347 g/mol. The van der Waals surface area contributed by atoms with E-state index in [0.717, 1.165) is 25.9 Å². The first-order chi connectivity index (χ1) is 12.0. The van der Waals surface area contributed by atoms with E-state index < -0.39 is 0 Å². The standard InChI is InChI=1S/C20H33N3O2/c1-5-25-19-11-8-12-23(15-19)20(24)21-13-17-9-6-7-10-18(17)14-22(4)16(2)3/h6-7,9-10,16,19H,5,8,11-15H2,1-4H3,(H,21,24). The van der Waals surface area contributed by atoms with Crippen LogP contribution in [0.4, 0.5) is 4.79 Å². The zero-order valence-electron chi connectivity index (χ0n) is 16.1.